The number of amides is 6. The van der Waals surface area contributed by atoms with Crippen molar-refractivity contribution in [2.75, 3.05) is 25.4 Å². The Hall–Kier alpha value is -8.76. The van der Waals surface area contributed by atoms with Gasteiger partial charge in [0.1, 0.15) is 83.8 Å². The summed E-state index contributed by atoms with van der Waals surface area (Å²) in [6.07, 6.45) is -9.58. The van der Waals surface area contributed by atoms with Crippen molar-refractivity contribution in [3.8, 4) is 51.4 Å². The number of rotatable bonds is 29. The predicted octanol–water partition coefficient (Wildman–Crippen LogP) is 7.49. The molecule has 132 heavy (non-hydrogen) atoms. The summed E-state index contributed by atoms with van der Waals surface area (Å²) in [5.41, 5.74) is 3.21. The third-order valence-electron chi connectivity index (χ3n) is 28.0. The topological polar surface area (TPSA) is 535 Å². The number of Topliss-reactive ketones (excluding diaryl/α,β-unsaturated/α-hetero) is 3. The van der Waals surface area contributed by atoms with E-state index in [0.29, 0.717) is 43.9 Å². The van der Waals surface area contributed by atoms with Crippen molar-refractivity contribution in [1.82, 2.24) is 36.6 Å². The molecule has 7 fully saturated rings. The van der Waals surface area contributed by atoms with Crippen LogP contribution in [0.4, 0.5) is 0 Å². The maximum Gasteiger partial charge on any atom is 0.246 e. The van der Waals surface area contributed by atoms with Crippen LogP contribution < -0.4 is 56.6 Å². The Kier molecular flexibility index (Phi) is 31.8. The molecule has 0 spiro atoms. The minimum absolute atomic E-state index is 0.0465. The molecule has 4 aromatic rings. The first-order valence-corrected chi connectivity index (χ1v) is 48.7. The summed E-state index contributed by atoms with van der Waals surface area (Å²) >= 11 is 14.7. The van der Waals surface area contributed by atoms with Crippen LogP contribution in [0.5, 0.6) is 40.2 Å². The molecular formula is C95H124Cl2N8O26S. The number of imide groups is 1. The van der Waals surface area contributed by atoms with E-state index in [4.69, 9.17) is 57.4 Å². The number of halogens is 2. The molecule has 0 unspecified atom stereocenters. The standard InChI is InChI=1S/C95H124Cl2N8O26S/c1-7-9-10-11-12-23-132(124,125)100-22-21-99-42-61-65(108)40-60-77(84(61)116)59-31-50(15-18-64(59)107)58-39-67(110)78-55-35-71(127-69-19-16-51(32-62(69)96)82(114)80(104-90(120)49(8-2)24-44(3)4)66(109)34-56(91(121)102-78)37-75(113)101-74(112)30-46-13-14-46)87(131-94-88(86(118)85(117)73(43-106)129-94)130-76-41-95(6,98)89(119)45(5)126-76)72(36-55)128-70-20-17-52(33-63(70)97)83(115)81(105-92(58)122)93(123)103-79(60)68(111)38-57-53-26-47-25-48(28-53)29-54(57)27-47/h15-19,31-33,35-36,40,44-49,53-54,56-58,70,73,76,78-83,85-86,88-89,94,99-100,106-108,114-119H,7-14,20-30,34,37-39,41-43,98H2,1-6H3,(H,102,121)(H,103,123)(H,104,120)(H,105,122)(H,101,112,113)/t45-,47?,48?,49+,53?,54?,56-,57?,58+,70+,73+,76-,78+,79-,80-,81-,82+,83+,85+,86-,88+,89+,94-,95-/m0/s1. The zero-order valence-corrected chi connectivity index (χ0v) is 77.2. The van der Waals surface area contributed by atoms with Gasteiger partial charge in [-0.15, -0.1) is 0 Å². The Morgan fingerprint density at radius 3 is 2.12 bits per heavy atom. The van der Waals surface area contributed by atoms with E-state index in [1.807, 2.05) is 20.8 Å². The Bertz CT molecular complexity index is 5160. The number of hydrogen-bond acceptors (Lipinski definition) is 28. The van der Waals surface area contributed by atoms with E-state index in [1.165, 1.54) is 56.3 Å². The summed E-state index contributed by atoms with van der Waals surface area (Å²) in [5, 5.41) is 126. The van der Waals surface area contributed by atoms with Crippen molar-refractivity contribution >= 4 is 86.0 Å². The Labute approximate surface area is 776 Å². The smallest absolute Gasteiger partial charge is 0.246 e. The van der Waals surface area contributed by atoms with Crippen molar-refractivity contribution in [2.24, 2.45) is 59.0 Å². The van der Waals surface area contributed by atoms with E-state index < -0.39 is 245 Å². The third kappa shape index (κ3) is 22.8. The first-order chi connectivity index (χ1) is 62.8. The average Bonchev–Trinajstić information content (AvgIpc) is 0.938. The number of hydrogen-bond donors (Lipinski definition) is 17. The number of carbonyl (C=O) groups excluding carboxylic acids is 9. The molecule has 0 aromatic heterocycles. The van der Waals surface area contributed by atoms with Gasteiger partial charge in [-0.1, -0.05) is 94.8 Å². The van der Waals surface area contributed by atoms with E-state index in [1.54, 1.807) is 6.92 Å². The summed E-state index contributed by atoms with van der Waals surface area (Å²) in [6.45, 7) is 9.07. The minimum atomic E-state index is -3.74. The van der Waals surface area contributed by atoms with Crippen LogP contribution in [-0.2, 0) is 73.9 Å². The highest BCUT2D eigenvalue weighted by molar-refractivity contribution is 7.89. The molecule has 6 amide bonds. The van der Waals surface area contributed by atoms with E-state index in [-0.39, 0.29) is 141 Å². The molecular weight excluding hydrogens is 1770 g/mol. The number of carbonyl (C=O) groups is 9. The van der Waals surface area contributed by atoms with E-state index >= 15 is 28.8 Å². The molecule has 18 N–H and O–H groups in total. The van der Waals surface area contributed by atoms with Crippen molar-refractivity contribution < 1.29 is 126 Å². The lowest BCUT2D eigenvalue weighted by Gasteiger charge is -2.54. The van der Waals surface area contributed by atoms with Crippen molar-refractivity contribution in [1.29, 1.82) is 0 Å². The second-order valence-electron chi connectivity index (χ2n) is 38.5. The second kappa shape index (κ2) is 42.2. The molecule has 4 aromatic carbocycles. The van der Waals surface area contributed by atoms with Crippen LogP contribution in [0.1, 0.15) is 228 Å². The fraction of sp³-hybridized carbons (Fsp3) is 0.611. The third-order valence-corrected chi connectivity index (χ3v) is 30.1. The summed E-state index contributed by atoms with van der Waals surface area (Å²) < 4.78 is 68.5. The van der Waals surface area contributed by atoms with Gasteiger partial charge in [-0.25, -0.2) is 13.1 Å². The number of unbranched alkanes of at least 4 members (excludes halogenated alkanes) is 4. The van der Waals surface area contributed by atoms with Crippen LogP contribution in [-0.4, -0.2) is 212 Å². The number of ether oxygens (including phenoxy) is 6. The van der Waals surface area contributed by atoms with Gasteiger partial charge in [-0.05, 0) is 196 Å². The zero-order chi connectivity index (χ0) is 94.8. The number of aromatic hydroxyl groups is 3. The molecule has 17 rings (SSSR count). The summed E-state index contributed by atoms with van der Waals surface area (Å²) in [5.74, 6) is -16.9. The maximum absolute atomic E-state index is 17.0. The van der Waals surface area contributed by atoms with Crippen LogP contribution in [0.3, 0.4) is 0 Å². The molecule has 2 saturated heterocycles. The van der Waals surface area contributed by atoms with Gasteiger partial charge < -0.3 is 107 Å². The Morgan fingerprint density at radius 1 is 0.742 bits per heavy atom. The second-order valence-corrected chi connectivity index (χ2v) is 41.3. The molecule has 0 radical (unpaired) electrons. The van der Waals surface area contributed by atoms with E-state index in [0.717, 1.165) is 75.6 Å². The number of fused-ring (bicyclic) bond motifs is 14. The summed E-state index contributed by atoms with van der Waals surface area (Å²) in [7, 11) is -3.74. The highest BCUT2D eigenvalue weighted by Gasteiger charge is 2.54. The fourth-order valence-corrected chi connectivity index (χ4v) is 22.4. The number of nitrogens with two attached hydrogens (primary N) is 1. The number of benzene rings is 4. The number of sulfonamides is 1. The van der Waals surface area contributed by atoms with Crippen molar-refractivity contribution in [2.45, 2.75) is 286 Å². The van der Waals surface area contributed by atoms with Gasteiger partial charge in [0.2, 0.25) is 57.5 Å². The van der Waals surface area contributed by atoms with Crippen LogP contribution in [0, 0.1) is 53.3 Å². The highest BCUT2D eigenvalue weighted by Crippen LogP contribution is 2.59. The number of aliphatic hydroxyl groups is 6. The van der Waals surface area contributed by atoms with Crippen LogP contribution in [0.2, 0.25) is 5.02 Å². The SMILES string of the molecule is CCCCCCCS(=O)(=O)NCCNCc1c(O)cc2c(c1O)-c1cc(ccc1O)[C@H]1CC(=O)[C@@H]3NC(=O)[C@H](CC(=O)NC(=O)CC4CC4)CC(=O)[C@H](NC(=O)[C@H](CC)CC(C)C)[C@H](O)c4ccc(c(Cl)c4)Oc4cc3cc(c4O[C@@H]3O[C@H](CO)[C@@H](O)[C@H](O)[C@H]3O[C@H]3C[C@](C)(N)[C@H](O)[C@H](C)O3)O[C@@H]3CC=C(C=C3Cl)[C@@H](O)[C@H](NC1=O)C(=O)N[C@@H]2C(=O)CC1C2CC3CC(C2)CC1C3. The van der Waals surface area contributed by atoms with Gasteiger partial charge >= 0.3 is 0 Å². The van der Waals surface area contributed by atoms with Crippen molar-refractivity contribution in [3.63, 3.8) is 0 Å². The highest BCUT2D eigenvalue weighted by atomic mass is 35.5. The van der Waals surface area contributed by atoms with Gasteiger partial charge in [0.05, 0.1) is 52.0 Å². The maximum atomic E-state index is 17.0. The predicted molar refractivity (Wildman–Crippen MR) is 480 cm³/mol. The van der Waals surface area contributed by atoms with Gasteiger partial charge in [-0.2, -0.15) is 0 Å². The lowest BCUT2D eigenvalue weighted by Crippen LogP contribution is -2.64. The monoisotopic (exact) mass is 1890 g/mol. The molecule has 15 bridgehead atoms. The molecule has 19 atom stereocenters. The molecule has 34 nitrogen and oxygen atoms in total. The average molecular weight is 1900 g/mol. The minimum Gasteiger partial charge on any atom is -0.507 e. The fourth-order valence-electron chi connectivity index (χ4n) is 20.8. The first kappa shape index (κ1) is 99.2. The molecule has 37 heteroatoms. The van der Waals surface area contributed by atoms with Crippen LogP contribution >= 0.6 is 23.2 Å². The largest absolute Gasteiger partial charge is 0.507 e. The van der Waals surface area contributed by atoms with Gasteiger partial charge in [0, 0.05) is 87.2 Å². The molecule has 7 aliphatic heterocycles. The van der Waals surface area contributed by atoms with Crippen molar-refractivity contribution in [3.05, 3.63) is 110 Å². The van der Waals surface area contributed by atoms with Gasteiger partial charge in [-0.3, -0.25) is 48.5 Å². The lowest BCUT2D eigenvalue weighted by atomic mass is 9.51. The number of phenolic OH excluding ortho intramolecular Hbond substituents is 3. The molecule has 7 heterocycles. The number of ketones is 3. The molecule has 720 valence electrons. The van der Waals surface area contributed by atoms with Crippen LogP contribution in [0.15, 0.2) is 77.4 Å². The van der Waals surface area contributed by atoms with E-state index in [2.05, 4.69) is 36.6 Å². The number of aliphatic hydroxyl groups excluding tert-OH is 6. The quantitative estimate of drug-likeness (QED) is 0.0234. The Balaban J connectivity index is 0.952. The zero-order valence-electron chi connectivity index (χ0n) is 74.9. The molecule has 6 aliphatic carbocycles. The Morgan fingerprint density at radius 2 is 1.45 bits per heavy atom. The normalized spacial score (nSPS) is 31.5. The van der Waals surface area contributed by atoms with Gasteiger partial charge in [0.15, 0.2) is 41.2 Å². The first-order valence-electron chi connectivity index (χ1n) is 46.3. The molecule has 13 aliphatic rings. The summed E-state index contributed by atoms with van der Waals surface area (Å²) in [4.78, 5) is 140. The van der Waals surface area contributed by atoms with E-state index in [9.17, 15) is 68.8 Å². The van der Waals surface area contributed by atoms with Crippen LogP contribution in [0.25, 0.3) is 11.1 Å². The molecule has 5 saturated carbocycles. The summed E-state index contributed by atoms with van der Waals surface area (Å²) in [6, 6.07) is 2.56. The number of nitrogens with one attached hydrogen (secondary N) is 7. The van der Waals surface area contributed by atoms with Gasteiger partial charge in [0.25, 0.3) is 0 Å². The number of phenols is 3. The lowest BCUT2D eigenvalue weighted by molar-refractivity contribution is -0.333.